The Kier molecular flexibility index (Phi) is 8.26. The number of hydrogen-bond donors (Lipinski definition) is 2. The van der Waals surface area contributed by atoms with Gasteiger partial charge in [-0.15, -0.1) is 11.3 Å². The number of rotatable bonds is 8. The minimum atomic E-state index is -0.175. The first-order valence-electron chi connectivity index (χ1n) is 9.80. The summed E-state index contributed by atoms with van der Waals surface area (Å²) < 4.78 is 18.8. The number of ether oxygens (including phenoxy) is 1. The fraction of sp³-hybridized carbons (Fsp3) is 0.476. The maximum Gasteiger partial charge on any atom is 0.191 e. The van der Waals surface area contributed by atoms with E-state index in [1.54, 1.807) is 30.5 Å². The summed E-state index contributed by atoms with van der Waals surface area (Å²) in [5.74, 6) is 0.625. The predicted octanol–water partition coefficient (Wildman–Crippen LogP) is 3.06. The minimum absolute atomic E-state index is 0.175. The van der Waals surface area contributed by atoms with Gasteiger partial charge in [0.25, 0.3) is 0 Å². The molecule has 1 aromatic heterocycles. The van der Waals surface area contributed by atoms with Gasteiger partial charge in [0.2, 0.25) is 0 Å². The molecule has 1 aliphatic rings. The van der Waals surface area contributed by atoms with Crippen molar-refractivity contribution in [1.82, 2.24) is 15.5 Å². The van der Waals surface area contributed by atoms with Gasteiger partial charge >= 0.3 is 0 Å². The molecule has 0 bridgehead atoms. The van der Waals surface area contributed by atoms with Crippen molar-refractivity contribution >= 4 is 17.3 Å². The number of thiophene rings is 1. The number of nitrogens with zero attached hydrogens (tertiary/aromatic N) is 2. The van der Waals surface area contributed by atoms with Crippen LogP contribution in [0.1, 0.15) is 22.9 Å². The van der Waals surface area contributed by atoms with Crippen molar-refractivity contribution in [2.75, 3.05) is 46.4 Å². The van der Waals surface area contributed by atoms with Crippen LogP contribution in [-0.2, 0) is 11.2 Å². The van der Waals surface area contributed by atoms with Crippen molar-refractivity contribution in [3.05, 3.63) is 58.0 Å². The quantitative estimate of drug-likeness (QED) is 0.403. The molecule has 0 saturated carbocycles. The third-order valence-electron chi connectivity index (χ3n) is 4.87. The summed E-state index contributed by atoms with van der Waals surface area (Å²) in [7, 11) is 1.79. The van der Waals surface area contributed by atoms with Crippen molar-refractivity contribution in [2.45, 2.75) is 18.9 Å². The van der Waals surface area contributed by atoms with Gasteiger partial charge in [0, 0.05) is 38.1 Å². The summed E-state index contributed by atoms with van der Waals surface area (Å²) in [5.41, 5.74) is 1.02. The van der Waals surface area contributed by atoms with Crippen molar-refractivity contribution in [1.29, 1.82) is 0 Å². The first-order valence-corrected chi connectivity index (χ1v) is 10.7. The SMILES string of the molecule is CN=C(NCCCc1cccc(F)c1)NCC(c1cccs1)N1CCOCC1. The topological polar surface area (TPSA) is 48.9 Å². The highest BCUT2D eigenvalue weighted by atomic mass is 32.1. The Balaban J connectivity index is 1.46. The lowest BCUT2D eigenvalue weighted by atomic mass is 10.1. The molecule has 1 fully saturated rings. The fourth-order valence-corrected chi connectivity index (χ4v) is 4.25. The lowest BCUT2D eigenvalue weighted by Gasteiger charge is -2.34. The highest BCUT2D eigenvalue weighted by Gasteiger charge is 2.23. The normalized spacial score (nSPS) is 16.7. The average molecular weight is 405 g/mol. The molecule has 2 heterocycles. The van der Waals surface area contributed by atoms with E-state index >= 15 is 0 Å². The van der Waals surface area contributed by atoms with E-state index in [0.29, 0.717) is 6.04 Å². The number of benzene rings is 1. The highest BCUT2D eigenvalue weighted by molar-refractivity contribution is 7.10. The number of halogens is 1. The van der Waals surface area contributed by atoms with Gasteiger partial charge in [-0.05, 0) is 42.0 Å². The van der Waals surface area contributed by atoms with E-state index in [4.69, 9.17) is 4.74 Å². The molecule has 0 aliphatic carbocycles. The van der Waals surface area contributed by atoms with Crippen LogP contribution in [0.3, 0.4) is 0 Å². The summed E-state index contributed by atoms with van der Waals surface area (Å²) in [5, 5.41) is 8.96. The smallest absolute Gasteiger partial charge is 0.191 e. The standard InChI is InChI=1S/C21H29FN4OS/c1-23-21(24-9-3-6-17-5-2-7-18(22)15-17)25-16-19(20-8-4-14-28-20)26-10-12-27-13-11-26/h2,4-5,7-8,14-15,19H,3,6,9-13,16H2,1H3,(H2,23,24,25). The second kappa shape index (κ2) is 11.1. The van der Waals surface area contributed by atoms with Crippen LogP contribution in [0.25, 0.3) is 0 Å². The van der Waals surface area contributed by atoms with Crippen LogP contribution in [0, 0.1) is 5.82 Å². The fourth-order valence-electron chi connectivity index (χ4n) is 3.39. The van der Waals surface area contributed by atoms with E-state index in [-0.39, 0.29) is 5.82 Å². The lowest BCUT2D eigenvalue weighted by Crippen LogP contribution is -2.46. The number of hydrogen-bond acceptors (Lipinski definition) is 4. The van der Waals surface area contributed by atoms with E-state index < -0.39 is 0 Å². The van der Waals surface area contributed by atoms with Crippen LogP contribution in [0.2, 0.25) is 0 Å². The van der Waals surface area contributed by atoms with E-state index in [2.05, 4.69) is 38.0 Å². The monoisotopic (exact) mass is 404 g/mol. The summed E-state index contributed by atoms with van der Waals surface area (Å²) in [6.07, 6.45) is 1.76. The van der Waals surface area contributed by atoms with E-state index in [1.165, 1.54) is 10.9 Å². The second-order valence-electron chi connectivity index (χ2n) is 6.79. The summed E-state index contributed by atoms with van der Waals surface area (Å²) in [4.78, 5) is 8.17. The van der Waals surface area contributed by atoms with E-state index in [9.17, 15) is 4.39 Å². The zero-order chi connectivity index (χ0) is 19.6. The Hall–Kier alpha value is -1.96. The van der Waals surface area contributed by atoms with Crippen LogP contribution in [0.15, 0.2) is 46.8 Å². The summed E-state index contributed by atoms with van der Waals surface area (Å²) >= 11 is 1.79. The maximum atomic E-state index is 13.2. The molecule has 2 N–H and O–H groups in total. The molecule has 1 aromatic carbocycles. The predicted molar refractivity (Wildman–Crippen MR) is 114 cm³/mol. The van der Waals surface area contributed by atoms with Crippen LogP contribution >= 0.6 is 11.3 Å². The van der Waals surface area contributed by atoms with Gasteiger partial charge in [0.1, 0.15) is 5.82 Å². The zero-order valence-corrected chi connectivity index (χ0v) is 17.2. The molecule has 3 rings (SSSR count). The molecule has 1 atom stereocenters. The Morgan fingerprint density at radius 1 is 1.25 bits per heavy atom. The Morgan fingerprint density at radius 3 is 2.82 bits per heavy atom. The maximum absolute atomic E-state index is 13.2. The van der Waals surface area contributed by atoms with Gasteiger partial charge in [-0.3, -0.25) is 9.89 Å². The van der Waals surface area contributed by atoms with Gasteiger partial charge in [-0.25, -0.2) is 4.39 Å². The molecule has 152 valence electrons. The van der Waals surface area contributed by atoms with Crippen LogP contribution in [-0.4, -0.2) is 57.3 Å². The number of aryl methyl sites for hydroxylation is 1. The van der Waals surface area contributed by atoms with Gasteiger partial charge in [0.05, 0.1) is 19.3 Å². The molecule has 0 radical (unpaired) electrons. The van der Waals surface area contributed by atoms with Crippen molar-refractivity contribution in [3.63, 3.8) is 0 Å². The van der Waals surface area contributed by atoms with Crippen LogP contribution in [0.4, 0.5) is 4.39 Å². The van der Waals surface area contributed by atoms with Gasteiger partial charge in [0.15, 0.2) is 5.96 Å². The van der Waals surface area contributed by atoms with Gasteiger partial charge in [-0.1, -0.05) is 18.2 Å². The molecule has 0 amide bonds. The lowest BCUT2D eigenvalue weighted by molar-refractivity contribution is 0.0177. The molecular formula is C21H29FN4OS. The Bertz CT molecular complexity index is 732. The third-order valence-corrected chi connectivity index (χ3v) is 5.84. The molecule has 0 spiro atoms. The van der Waals surface area contributed by atoms with E-state index in [1.807, 2.05) is 6.07 Å². The molecule has 28 heavy (non-hydrogen) atoms. The van der Waals surface area contributed by atoms with Crippen molar-refractivity contribution in [2.24, 2.45) is 4.99 Å². The summed E-state index contributed by atoms with van der Waals surface area (Å²) in [6.45, 7) is 5.05. The zero-order valence-electron chi connectivity index (χ0n) is 16.4. The number of nitrogens with one attached hydrogen (secondary N) is 2. The van der Waals surface area contributed by atoms with Crippen molar-refractivity contribution in [3.8, 4) is 0 Å². The van der Waals surface area contributed by atoms with E-state index in [0.717, 1.165) is 63.8 Å². The number of guanidine groups is 1. The van der Waals surface area contributed by atoms with Crippen LogP contribution < -0.4 is 10.6 Å². The minimum Gasteiger partial charge on any atom is -0.379 e. The molecule has 1 saturated heterocycles. The second-order valence-corrected chi connectivity index (χ2v) is 7.77. The Labute approximate surface area is 170 Å². The molecule has 2 aromatic rings. The first-order chi connectivity index (χ1) is 13.8. The number of morpholine rings is 1. The molecule has 5 nitrogen and oxygen atoms in total. The Morgan fingerprint density at radius 2 is 2.11 bits per heavy atom. The molecular weight excluding hydrogens is 375 g/mol. The largest absolute Gasteiger partial charge is 0.379 e. The van der Waals surface area contributed by atoms with Crippen molar-refractivity contribution < 1.29 is 9.13 Å². The number of aliphatic imine (C=N–C) groups is 1. The first kappa shape index (κ1) is 20.8. The molecule has 7 heteroatoms. The molecule has 1 unspecified atom stereocenters. The van der Waals surface area contributed by atoms with Gasteiger partial charge in [-0.2, -0.15) is 0 Å². The third kappa shape index (κ3) is 6.29. The molecule has 1 aliphatic heterocycles. The van der Waals surface area contributed by atoms with Gasteiger partial charge < -0.3 is 15.4 Å². The summed E-state index contributed by atoms with van der Waals surface area (Å²) in [6, 6.07) is 11.4. The van der Waals surface area contributed by atoms with Crippen LogP contribution in [0.5, 0.6) is 0 Å². The highest BCUT2D eigenvalue weighted by Crippen LogP contribution is 2.25. The average Bonchev–Trinajstić information content (AvgIpc) is 3.25.